The predicted octanol–water partition coefficient (Wildman–Crippen LogP) is 6.82. The molecule has 4 aromatic rings. The summed E-state index contributed by atoms with van der Waals surface area (Å²) in [5, 5.41) is 0.714. The van der Waals surface area contributed by atoms with Crippen LogP contribution in [0.25, 0.3) is 0 Å². The first-order valence-electron chi connectivity index (χ1n) is 9.36. The Morgan fingerprint density at radius 1 is 0.655 bits per heavy atom. The van der Waals surface area contributed by atoms with E-state index in [9.17, 15) is 4.39 Å². The van der Waals surface area contributed by atoms with E-state index in [0.717, 1.165) is 5.56 Å². The third-order valence-corrected chi connectivity index (χ3v) is 15.2. The standard InChI is InChI=1S/C25H20BrClFP/c26-29(21-10-4-1-5-11-21,22-12-6-2-7-13-22,23-14-8-3-9-15-23)19-20-16-17-25(28)24(27)18-20/h1-18H,19H2. The molecule has 0 nitrogen and oxygen atoms in total. The fourth-order valence-electron chi connectivity index (χ4n) is 3.92. The van der Waals surface area contributed by atoms with E-state index in [4.69, 9.17) is 11.6 Å². The normalized spacial score (nSPS) is 12.9. The molecular weight excluding hydrogens is 466 g/mol. The van der Waals surface area contributed by atoms with E-state index in [1.807, 2.05) is 24.3 Å². The molecule has 29 heavy (non-hydrogen) atoms. The molecule has 0 N–H and O–H groups in total. The molecule has 0 heterocycles. The van der Waals surface area contributed by atoms with Crippen LogP contribution in [0.4, 0.5) is 4.39 Å². The molecule has 4 aromatic carbocycles. The van der Waals surface area contributed by atoms with E-state index in [-0.39, 0.29) is 5.02 Å². The van der Waals surface area contributed by atoms with Crippen LogP contribution in [0, 0.1) is 5.82 Å². The Bertz CT molecular complexity index is 1020. The average molecular weight is 486 g/mol. The number of benzene rings is 4. The van der Waals surface area contributed by atoms with Crippen LogP contribution in [0.5, 0.6) is 0 Å². The van der Waals surface area contributed by atoms with Gasteiger partial charge < -0.3 is 0 Å². The van der Waals surface area contributed by atoms with Crippen LogP contribution in [0.1, 0.15) is 5.56 Å². The SMILES string of the molecule is Fc1ccc(CP(Br)(c2ccccc2)(c2ccccc2)c2ccccc2)cc1Cl. The molecule has 4 rings (SSSR count). The Balaban J connectivity index is 2.08. The molecule has 4 heteroatoms. The Kier molecular flexibility index (Phi) is 5.62. The third kappa shape index (κ3) is 3.55. The number of rotatable bonds is 5. The molecule has 0 bridgehead atoms. The van der Waals surface area contributed by atoms with Crippen molar-refractivity contribution in [2.24, 2.45) is 0 Å². The molecule has 0 saturated heterocycles. The molecule has 0 aromatic heterocycles. The van der Waals surface area contributed by atoms with Gasteiger partial charge in [0.05, 0.1) is 0 Å². The van der Waals surface area contributed by atoms with Crippen molar-refractivity contribution in [1.29, 1.82) is 0 Å². The van der Waals surface area contributed by atoms with Crippen molar-refractivity contribution in [1.82, 2.24) is 0 Å². The molecule has 0 fully saturated rings. The van der Waals surface area contributed by atoms with E-state index >= 15 is 0 Å². The fourth-order valence-corrected chi connectivity index (χ4v) is 11.8. The Labute approximate surface area is 184 Å². The van der Waals surface area contributed by atoms with Gasteiger partial charge in [-0.05, 0) is 0 Å². The van der Waals surface area contributed by atoms with E-state index in [2.05, 4.69) is 88.3 Å². The van der Waals surface area contributed by atoms with Crippen LogP contribution in [-0.4, -0.2) is 0 Å². The maximum absolute atomic E-state index is 13.9. The van der Waals surface area contributed by atoms with Gasteiger partial charge in [0.15, 0.2) is 0 Å². The summed E-state index contributed by atoms with van der Waals surface area (Å²) in [4.78, 5) is 0. The zero-order chi connectivity index (χ0) is 20.3. The van der Waals surface area contributed by atoms with Crippen LogP contribution >= 0.6 is 32.4 Å². The maximum atomic E-state index is 13.9. The summed E-state index contributed by atoms with van der Waals surface area (Å²) < 4.78 is 13.9. The van der Waals surface area contributed by atoms with Crippen molar-refractivity contribution in [3.63, 3.8) is 0 Å². The van der Waals surface area contributed by atoms with Crippen molar-refractivity contribution in [2.75, 3.05) is 0 Å². The summed E-state index contributed by atoms with van der Waals surface area (Å²) in [7, 11) is 0. The van der Waals surface area contributed by atoms with Gasteiger partial charge in [0.25, 0.3) is 0 Å². The molecular formula is C25H20BrClFP. The minimum atomic E-state index is -3.09. The summed E-state index contributed by atoms with van der Waals surface area (Å²) in [6.45, 7) is 0. The minimum absolute atomic E-state index is 0.147. The molecule has 0 atom stereocenters. The number of hydrogen-bond acceptors (Lipinski definition) is 0. The van der Waals surface area contributed by atoms with Crippen LogP contribution in [0.3, 0.4) is 0 Å². The van der Waals surface area contributed by atoms with Crippen molar-refractivity contribution in [3.8, 4) is 0 Å². The molecule has 146 valence electrons. The Morgan fingerprint density at radius 3 is 1.45 bits per heavy atom. The first kappa shape index (κ1) is 20.3. The van der Waals surface area contributed by atoms with E-state index in [1.165, 1.54) is 22.0 Å². The third-order valence-electron chi connectivity index (χ3n) is 5.35. The Morgan fingerprint density at radius 2 is 1.07 bits per heavy atom. The van der Waals surface area contributed by atoms with Gasteiger partial charge in [-0.2, -0.15) is 0 Å². The summed E-state index contributed by atoms with van der Waals surface area (Å²) in [5.74, 6) is -0.399. The fraction of sp³-hybridized carbons (Fsp3) is 0.0400. The molecule has 0 amide bonds. The quantitative estimate of drug-likeness (QED) is 0.272. The first-order valence-corrected chi connectivity index (χ1v) is 14.2. The van der Waals surface area contributed by atoms with Gasteiger partial charge in [-0.25, -0.2) is 0 Å². The van der Waals surface area contributed by atoms with Crippen molar-refractivity contribution in [3.05, 3.63) is 126 Å². The van der Waals surface area contributed by atoms with Crippen molar-refractivity contribution in [2.45, 2.75) is 6.16 Å². The van der Waals surface area contributed by atoms with Gasteiger partial charge in [-0.15, -0.1) is 0 Å². The molecule has 0 radical (unpaired) electrons. The summed E-state index contributed by atoms with van der Waals surface area (Å²) in [5.41, 5.74) is 0.988. The van der Waals surface area contributed by atoms with Gasteiger partial charge in [0, 0.05) is 0 Å². The van der Waals surface area contributed by atoms with E-state index < -0.39 is 11.1 Å². The molecule has 0 aliphatic carbocycles. The van der Waals surface area contributed by atoms with Crippen molar-refractivity contribution >= 4 is 48.3 Å². The summed E-state index contributed by atoms with van der Waals surface area (Å²) in [6.07, 6.45) is 0.684. The van der Waals surface area contributed by atoms with Crippen LogP contribution in [0.15, 0.2) is 109 Å². The summed E-state index contributed by atoms with van der Waals surface area (Å²) >= 11 is 10.5. The average Bonchev–Trinajstić information content (AvgIpc) is 2.78. The number of hydrogen-bond donors (Lipinski definition) is 0. The second-order valence-corrected chi connectivity index (χ2v) is 16.4. The second kappa shape index (κ2) is 8.03. The second-order valence-electron chi connectivity index (χ2n) is 7.10. The predicted molar refractivity (Wildman–Crippen MR) is 129 cm³/mol. The number of halogens is 3. The van der Waals surface area contributed by atoms with Crippen molar-refractivity contribution < 1.29 is 4.39 Å². The summed E-state index contributed by atoms with van der Waals surface area (Å²) in [6, 6.07) is 36.6. The van der Waals surface area contributed by atoms with Crippen LogP contribution < -0.4 is 15.9 Å². The molecule has 0 spiro atoms. The Hall–Kier alpha value is -1.99. The van der Waals surface area contributed by atoms with Gasteiger partial charge in [-0.1, -0.05) is 0 Å². The zero-order valence-electron chi connectivity index (χ0n) is 15.7. The first-order chi connectivity index (χ1) is 14.0. The topological polar surface area (TPSA) is 0 Å². The van der Waals surface area contributed by atoms with Crippen LogP contribution in [-0.2, 0) is 6.16 Å². The molecule has 0 aliphatic rings. The van der Waals surface area contributed by atoms with E-state index in [0.29, 0.717) is 6.16 Å². The van der Waals surface area contributed by atoms with Crippen LogP contribution in [0.2, 0.25) is 5.02 Å². The van der Waals surface area contributed by atoms with Gasteiger partial charge in [0.2, 0.25) is 0 Å². The van der Waals surface area contributed by atoms with Gasteiger partial charge in [-0.3, -0.25) is 0 Å². The van der Waals surface area contributed by atoms with E-state index in [1.54, 1.807) is 6.07 Å². The van der Waals surface area contributed by atoms with Gasteiger partial charge >= 0.3 is 184 Å². The van der Waals surface area contributed by atoms with Gasteiger partial charge in [0.1, 0.15) is 0 Å². The molecule has 0 unspecified atom stereocenters. The molecule has 0 aliphatic heterocycles. The molecule has 0 saturated carbocycles. The monoisotopic (exact) mass is 484 g/mol. The zero-order valence-corrected chi connectivity index (χ0v) is 18.9.